The molecule has 1 saturated heterocycles. The van der Waals surface area contributed by atoms with Gasteiger partial charge in [-0.2, -0.15) is 0 Å². The van der Waals surface area contributed by atoms with Crippen LogP contribution < -0.4 is 0 Å². The zero-order valence-electron chi connectivity index (χ0n) is 13.9. The van der Waals surface area contributed by atoms with Gasteiger partial charge in [-0.3, -0.25) is 4.90 Å². The van der Waals surface area contributed by atoms with Crippen LogP contribution in [0.5, 0.6) is 0 Å². The highest BCUT2D eigenvalue weighted by Gasteiger charge is 2.34. The molecule has 1 N–H and O–H groups in total. The molecule has 2 aliphatic rings. The SMILES string of the molecule is O[C@@H]1CCN([C@@H]2CCCC[C@H]2OCCc2ccccc2)C1.[B].[B]. The third-order valence-corrected chi connectivity index (χ3v) is 4.90. The second kappa shape index (κ2) is 10.2. The maximum Gasteiger partial charge on any atom is 0.0730 e. The fourth-order valence-corrected chi connectivity index (χ4v) is 3.73. The average Bonchev–Trinajstić information content (AvgIpc) is 2.95. The first-order valence-corrected chi connectivity index (χ1v) is 8.40. The Labute approximate surface area is 144 Å². The molecule has 2 fully saturated rings. The molecular weight excluding hydrogens is 284 g/mol. The maximum atomic E-state index is 9.76. The van der Waals surface area contributed by atoms with Gasteiger partial charge in [0, 0.05) is 36.0 Å². The van der Waals surface area contributed by atoms with Crippen molar-refractivity contribution in [2.24, 2.45) is 0 Å². The molecule has 1 aliphatic heterocycles. The third-order valence-electron chi connectivity index (χ3n) is 4.90. The van der Waals surface area contributed by atoms with Crippen LogP contribution in [0.1, 0.15) is 37.7 Å². The topological polar surface area (TPSA) is 32.7 Å². The summed E-state index contributed by atoms with van der Waals surface area (Å²) in [6.07, 6.45) is 7.12. The van der Waals surface area contributed by atoms with Crippen molar-refractivity contribution < 1.29 is 9.84 Å². The minimum Gasteiger partial charge on any atom is -0.392 e. The van der Waals surface area contributed by atoms with E-state index < -0.39 is 0 Å². The van der Waals surface area contributed by atoms with Crippen molar-refractivity contribution in [1.29, 1.82) is 0 Å². The molecule has 3 rings (SSSR count). The van der Waals surface area contributed by atoms with Crippen molar-refractivity contribution >= 4 is 16.8 Å². The molecule has 122 valence electrons. The number of ether oxygens (including phenoxy) is 1. The minimum absolute atomic E-state index is 0. The van der Waals surface area contributed by atoms with Gasteiger partial charge in [0.25, 0.3) is 0 Å². The summed E-state index contributed by atoms with van der Waals surface area (Å²) in [5, 5.41) is 9.76. The van der Waals surface area contributed by atoms with Crippen molar-refractivity contribution in [3.05, 3.63) is 35.9 Å². The van der Waals surface area contributed by atoms with Crippen LogP contribution in [0.2, 0.25) is 0 Å². The lowest BCUT2D eigenvalue weighted by Crippen LogP contribution is -2.46. The predicted molar refractivity (Wildman–Crippen MR) is 95.8 cm³/mol. The van der Waals surface area contributed by atoms with E-state index in [9.17, 15) is 5.11 Å². The normalized spacial score (nSPS) is 28.0. The Bertz CT molecular complexity index is 432. The molecule has 3 atom stereocenters. The Morgan fingerprint density at radius 3 is 2.48 bits per heavy atom. The molecule has 1 saturated carbocycles. The highest BCUT2D eigenvalue weighted by atomic mass is 16.5. The molecule has 5 heteroatoms. The number of nitrogens with zero attached hydrogens (tertiary/aromatic N) is 1. The third kappa shape index (κ3) is 5.66. The van der Waals surface area contributed by atoms with E-state index in [-0.39, 0.29) is 22.9 Å². The summed E-state index contributed by atoms with van der Waals surface area (Å²) in [4.78, 5) is 2.46. The molecule has 0 aromatic heterocycles. The van der Waals surface area contributed by atoms with Gasteiger partial charge < -0.3 is 9.84 Å². The lowest BCUT2D eigenvalue weighted by molar-refractivity contribution is -0.0316. The van der Waals surface area contributed by atoms with E-state index in [1.807, 2.05) is 0 Å². The summed E-state index contributed by atoms with van der Waals surface area (Å²) in [5.41, 5.74) is 1.35. The molecule has 1 aliphatic carbocycles. The molecule has 23 heavy (non-hydrogen) atoms. The van der Waals surface area contributed by atoms with Gasteiger partial charge in [0.2, 0.25) is 0 Å². The number of hydrogen-bond donors (Lipinski definition) is 1. The van der Waals surface area contributed by atoms with Crippen molar-refractivity contribution in [2.75, 3.05) is 19.7 Å². The zero-order chi connectivity index (χ0) is 14.5. The number of aliphatic hydroxyl groups is 1. The monoisotopic (exact) mass is 311 g/mol. The van der Waals surface area contributed by atoms with Crippen molar-refractivity contribution in [2.45, 2.75) is 56.8 Å². The quantitative estimate of drug-likeness (QED) is 0.843. The molecule has 0 spiro atoms. The predicted octanol–water partition coefficient (Wildman–Crippen LogP) is 1.86. The second-order valence-corrected chi connectivity index (χ2v) is 6.43. The average molecular weight is 311 g/mol. The van der Waals surface area contributed by atoms with Gasteiger partial charge in [-0.25, -0.2) is 0 Å². The number of benzene rings is 1. The van der Waals surface area contributed by atoms with Crippen LogP contribution in [0.4, 0.5) is 0 Å². The molecule has 1 aromatic rings. The van der Waals surface area contributed by atoms with E-state index in [1.54, 1.807) is 0 Å². The van der Waals surface area contributed by atoms with E-state index in [4.69, 9.17) is 4.74 Å². The van der Waals surface area contributed by atoms with E-state index in [1.165, 1.54) is 31.2 Å². The first kappa shape index (κ1) is 20.3. The molecule has 0 bridgehead atoms. The smallest absolute Gasteiger partial charge is 0.0730 e. The van der Waals surface area contributed by atoms with Crippen molar-refractivity contribution in [3.8, 4) is 0 Å². The first-order chi connectivity index (χ1) is 10.3. The number of likely N-dealkylation sites (tertiary alicyclic amines) is 1. The van der Waals surface area contributed by atoms with Gasteiger partial charge in [-0.15, -0.1) is 0 Å². The number of rotatable bonds is 5. The number of β-amino-alcohol motifs (C(OH)–C–C–N with tert-alkyl or cyclic N) is 1. The molecule has 1 aromatic carbocycles. The fourth-order valence-electron chi connectivity index (χ4n) is 3.73. The molecule has 1 heterocycles. The van der Waals surface area contributed by atoms with E-state index >= 15 is 0 Å². The van der Waals surface area contributed by atoms with E-state index in [2.05, 4.69) is 35.2 Å². The first-order valence-electron chi connectivity index (χ1n) is 8.40. The summed E-state index contributed by atoms with van der Waals surface area (Å²) in [5.74, 6) is 0. The van der Waals surface area contributed by atoms with Gasteiger partial charge in [0.1, 0.15) is 0 Å². The Hall–Kier alpha value is -0.770. The Kier molecular flexibility index (Phi) is 8.96. The standard InChI is InChI=1S/C18H27NO2.2B/c20-16-10-12-19(14-16)17-8-4-5-9-18(17)21-13-11-15-6-2-1-3-7-15;;/h1-3,6-7,16-18,20H,4-5,8-14H2;;/t16-,17-,18-;;/m1../s1. The van der Waals surface area contributed by atoms with Gasteiger partial charge in [-0.1, -0.05) is 43.2 Å². The van der Waals surface area contributed by atoms with Crippen molar-refractivity contribution in [3.63, 3.8) is 0 Å². The Morgan fingerprint density at radius 2 is 1.78 bits per heavy atom. The van der Waals surface area contributed by atoms with Crippen LogP contribution in [0.25, 0.3) is 0 Å². The lowest BCUT2D eigenvalue weighted by atomic mass is 9.91. The Morgan fingerprint density at radius 1 is 1.04 bits per heavy atom. The molecule has 0 amide bonds. The summed E-state index contributed by atoms with van der Waals surface area (Å²) >= 11 is 0. The highest BCUT2D eigenvalue weighted by molar-refractivity contribution is 5.76. The molecule has 0 unspecified atom stereocenters. The van der Waals surface area contributed by atoms with Gasteiger partial charge >= 0.3 is 0 Å². The fraction of sp³-hybridized carbons (Fsp3) is 0.667. The Balaban J connectivity index is 0.00000132. The summed E-state index contributed by atoms with van der Waals surface area (Å²) < 4.78 is 6.22. The summed E-state index contributed by atoms with van der Waals surface area (Å²) in [7, 11) is 0. The van der Waals surface area contributed by atoms with E-state index in [0.29, 0.717) is 12.1 Å². The van der Waals surface area contributed by atoms with Crippen LogP contribution in [-0.2, 0) is 11.2 Å². The van der Waals surface area contributed by atoms with E-state index in [0.717, 1.165) is 32.5 Å². The maximum absolute atomic E-state index is 9.76. The van der Waals surface area contributed by atoms with Crippen molar-refractivity contribution in [1.82, 2.24) is 4.90 Å². The second-order valence-electron chi connectivity index (χ2n) is 6.43. The molecule has 3 nitrogen and oxygen atoms in total. The van der Waals surface area contributed by atoms with Crippen LogP contribution in [0.3, 0.4) is 0 Å². The van der Waals surface area contributed by atoms with Crippen LogP contribution >= 0.6 is 0 Å². The minimum atomic E-state index is -0.128. The van der Waals surface area contributed by atoms with Gasteiger partial charge in [0.15, 0.2) is 0 Å². The zero-order valence-corrected chi connectivity index (χ0v) is 13.9. The lowest BCUT2D eigenvalue weighted by Gasteiger charge is -2.37. The molecular formula is C18H27B2NO2. The number of hydrogen-bond acceptors (Lipinski definition) is 3. The summed E-state index contributed by atoms with van der Waals surface area (Å²) in [6.45, 7) is 2.68. The largest absolute Gasteiger partial charge is 0.392 e. The van der Waals surface area contributed by atoms with Gasteiger partial charge in [-0.05, 0) is 31.2 Å². The van der Waals surface area contributed by atoms with Crippen LogP contribution in [-0.4, -0.2) is 64.8 Å². The highest BCUT2D eigenvalue weighted by Crippen LogP contribution is 2.28. The van der Waals surface area contributed by atoms with Gasteiger partial charge in [0.05, 0.1) is 18.8 Å². The van der Waals surface area contributed by atoms with Crippen LogP contribution in [0, 0.1) is 0 Å². The van der Waals surface area contributed by atoms with Crippen LogP contribution in [0.15, 0.2) is 30.3 Å². The molecule has 6 radical (unpaired) electrons. The number of aliphatic hydroxyl groups excluding tert-OH is 1. The summed E-state index contributed by atoms with van der Waals surface area (Å²) in [6, 6.07) is 11.1.